The Balaban J connectivity index is 2.33. The Labute approximate surface area is 96.8 Å². The van der Waals surface area contributed by atoms with Gasteiger partial charge in [0.1, 0.15) is 0 Å². The van der Waals surface area contributed by atoms with Crippen molar-refractivity contribution in [1.82, 2.24) is 4.57 Å². The minimum absolute atomic E-state index is 0.836. The van der Waals surface area contributed by atoms with Crippen molar-refractivity contribution in [3.63, 3.8) is 0 Å². The molecule has 0 spiro atoms. The summed E-state index contributed by atoms with van der Waals surface area (Å²) >= 11 is 0. The summed E-state index contributed by atoms with van der Waals surface area (Å²) in [5.74, 6) is 0. The van der Waals surface area contributed by atoms with Crippen LogP contribution >= 0.6 is 0 Å². The van der Waals surface area contributed by atoms with Crippen molar-refractivity contribution in [2.24, 2.45) is 7.05 Å². The summed E-state index contributed by atoms with van der Waals surface area (Å²) in [5.41, 5.74) is 4.07. The number of hydrogen-bond donors (Lipinski definition) is 0. The number of nitrogens with zero attached hydrogens (tertiary/aromatic N) is 1. The van der Waals surface area contributed by atoms with Crippen LogP contribution in [0.15, 0.2) is 24.4 Å². The van der Waals surface area contributed by atoms with Crippen molar-refractivity contribution in [2.45, 2.75) is 19.8 Å². The van der Waals surface area contributed by atoms with Gasteiger partial charge in [0.15, 0.2) is 0 Å². The van der Waals surface area contributed by atoms with E-state index >= 15 is 0 Å². The van der Waals surface area contributed by atoms with Gasteiger partial charge in [-0.2, -0.15) is 0 Å². The molecule has 0 N–H and O–H groups in total. The highest BCUT2D eigenvalue weighted by atomic mass is 16.5. The SMILES string of the molecule is COCCCc1cn(C)c2ccc(C)cc12. The first kappa shape index (κ1) is 11.2. The summed E-state index contributed by atoms with van der Waals surface area (Å²) in [6, 6.07) is 6.64. The largest absolute Gasteiger partial charge is 0.385 e. The predicted molar refractivity (Wildman–Crippen MR) is 67.9 cm³/mol. The fraction of sp³-hybridized carbons (Fsp3) is 0.429. The average molecular weight is 217 g/mol. The van der Waals surface area contributed by atoms with E-state index in [0.29, 0.717) is 0 Å². The fourth-order valence-electron chi connectivity index (χ4n) is 2.19. The molecule has 0 unspecified atom stereocenters. The summed E-state index contributed by atoms with van der Waals surface area (Å²) in [6.45, 7) is 2.98. The number of hydrogen-bond acceptors (Lipinski definition) is 1. The van der Waals surface area contributed by atoms with Crippen molar-refractivity contribution in [1.29, 1.82) is 0 Å². The molecule has 0 bridgehead atoms. The Hall–Kier alpha value is -1.28. The molecule has 0 fully saturated rings. The summed E-state index contributed by atoms with van der Waals surface area (Å²) in [6.07, 6.45) is 4.41. The molecule has 2 heteroatoms. The Bertz CT molecular complexity index is 485. The molecular formula is C14H19NO. The van der Waals surface area contributed by atoms with Gasteiger partial charge in [-0.1, -0.05) is 11.6 Å². The van der Waals surface area contributed by atoms with Crippen LogP contribution in [0.25, 0.3) is 10.9 Å². The number of aryl methyl sites for hydroxylation is 3. The number of rotatable bonds is 4. The zero-order chi connectivity index (χ0) is 11.5. The van der Waals surface area contributed by atoms with Crippen LogP contribution in [-0.4, -0.2) is 18.3 Å². The van der Waals surface area contributed by atoms with E-state index in [1.165, 1.54) is 22.0 Å². The molecule has 0 aliphatic heterocycles. The first-order valence-electron chi connectivity index (χ1n) is 5.76. The van der Waals surface area contributed by atoms with Crippen LogP contribution in [0.5, 0.6) is 0 Å². The maximum atomic E-state index is 5.10. The normalized spacial score (nSPS) is 11.2. The topological polar surface area (TPSA) is 14.2 Å². The molecule has 86 valence electrons. The van der Waals surface area contributed by atoms with Gasteiger partial charge in [-0.25, -0.2) is 0 Å². The molecule has 0 aliphatic rings. The lowest BCUT2D eigenvalue weighted by Crippen LogP contribution is -1.91. The lowest BCUT2D eigenvalue weighted by atomic mass is 10.1. The highest BCUT2D eigenvalue weighted by Crippen LogP contribution is 2.22. The molecule has 1 aromatic heterocycles. The first-order chi connectivity index (χ1) is 7.72. The summed E-state index contributed by atoms with van der Waals surface area (Å²) in [7, 11) is 3.87. The number of fused-ring (bicyclic) bond motifs is 1. The van der Waals surface area contributed by atoms with Gasteiger partial charge in [-0.15, -0.1) is 0 Å². The molecule has 2 aromatic rings. The molecule has 1 aromatic carbocycles. The van der Waals surface area contributed by atoms with Crippen molar-refractivity contribution < 1.29 is 4.74 Å². The lowest BCUT2D eigenvalue weighted by Gasteiger charge is -2.00. The summed E-state index contributed by atoms with van der Waals surface area (Å²) in [4.78, 5) is 0. The van der Waals surface area contributed by atoms with Crippen LogP contribution in [-0.2, 0) is 18.2 Å². The third-order valence-corrected chi connectivity index (χ3v) is 3.02. The summed E-state index contributed by atoms with van der Waals surface area (Å²) in [5, 5.41) is 1.39. The van der Waals surface area contributed by atoms with Gasteiger partial charge in [0.25, 0.3) is 0 Å². The zero-order valence-electron chi connectivity index (χ0n) is 10.3. The van der Waals surface area contributed by atoms with E-state index in [0.717, 1.165) is 19.4 Å². The minimum Gasteiger partial charge on any atom is -0.385 e. The average Bonchev–Trinajstić information content (AvgIpc) is 2.56. The second-order valence-corrected chi connectivity index (χ2v) is 4.38. The van der Waals surface area contributed by atoms with E-state index in [4.69, 9.17) is 4.74 Å². The molecule has 2 rings (SSSR count). The molecule has 0 atom stereocenters. The molecule has 0 amide bonds. The fourth-order valence-corrected chi connectivity index (χ4v) is 2.19. The number of aromatic nitrogens is 1. The van der Waals surface area contributed by atoms with Crippen LogP contribution in [0.1, 0.15) is 17.5 Å². The Morgan fingerprint density at radius 3 is 2.88 bits per heavy atom. The number of ether oxygens (including phenoxy) is 1. The smallest absolute Gasteiger partial charge is 0.0480 e. The molecule has 0 aliphatic carbocycles. The minimum atomic E-state index is 0.836. The Morgan fingerprint density at radius 2 is 2.12 bits per heavy atom. The summed E-state index contributed by atoms with van der Waals surface area (Å²) < 4.78 is 7.30. The van der Waals surface area contributed by atoms with Crippen LogP contribution < -0.4 is 0 Å². The highest BCUT2D eigenvalue weighted by molar-refractivity contribution is 5.84. The van der Waals surface area contributed by atoms with E-state index in [2.05, 4.69) is 42.9 Å². The zero-order valence-corrected chi connectivity index (χ0v) is 10.3. The molecular weight excluding hydrogens is 198 g/mol. The molecule has 0 radical (unpaired) electrons. The van der Waals surface area contributed by atoms with Gasteiger partial charge in [0.2, 0.25) is 0 Å². The maximum Gasteiger partial charge on any atom is 0.0480 e. The quantitative estimate of drug-likeness (QED) is 0.718. The van der Waals surface area contributed by atoms with E-state index < -0.39 is 0 Å². The monoisotopic (exact) mass is 217 g/mol. The van der Waals surface area contributed by atoms with Crippen molar-refractivity contribution in [3.05, 3.63) is 35.5 Å². The Morgan fingerprint density at radius 1 is 1.31 bits per heavy atom. The molecule has 0 saturated carbocycles. The first-order valence-corrected chi connectivity index (χ1v) is 5.76. The number of benzene rings is 1. The Kier molecular flexibility index (Phi) is 3.30. The van der Waals surface area contributed by atoms with Crippen LogP contribution in [0.3, 0.4) is 0 Å². The van der Waals surface area contributed by atoms with Gasteiger partial charge in [-0.3, -0.25) is 0 Å². The van der Waals surface area contributed by atoms with Crippen molar-refractivity contribution in [3.8, 4) is 0 Å². The van der Waals surface area contributed by atoms with Crippen LogP contribution in [0, 0.1) is 6.92 Å². The lowest BCUT2D eigenvalue weighted by molar-refractivity contribution is 0.195. The van der Waals surface area contributed by atoms with Gasteiger partial charge in [0.05, 0.1) is 0 Å². The van der Waals surface area contributed by atoms with E-state index in [-0.39, 0.29) is 0 Å². The predicted octanol–water partition coefficient (Wildman–Crippen LogP) is 3.07. The van der Waals surface area contributed by atoms with Gasteiger partial charge < -0.3 is 9.30 Å². The van der Waals surface area contributed by atoms with Crippen molar-refractivity contribution >= 4 is 10.9 Å². The molecule has 1 heterocycles. The highest BCUT2D eigenvalue weighted by Gasteiger charge is 2.06. The number of methoxy groups -OCH3 is 1. The molecule has 16 heavy (non-hydrogen) atoms. The van der Waals surface area contributed by atoms with Gasteiger partial charge in [0, 0.05) is 37.9 Å². The maximum absolute atomic E-state index is 5.10. The van der Waals surface area contributed by atoms with Gasteiger partial charge in [-0.05, 0) is 37.5 Å². The third-order valence-electron chi connectivity index (χ3n) is 3.02. The van der Waals surface area contributed by atoms with Gasteiger partial charge >= 0.3 is 0 Å². The van der Waals surface area contributed by atoms with E-state index in [9.17, 15) is 0 Å². The van der Waals surface area contributed by atoms with E-state index in [1.54, 1.807) is 7.11 Å². The van der Waals surface area contributed by atoms with E-state index in [1.807, 2.05) is 0 Å². The second kappa shape index (κ2) is 4.71. The molecule has 0 saturated heterocycles. The van der Waals surface area contributed by atoms with Crippen LogP contribution in [0.4, 0.5) is 0 Å². The van der Waals surface area contributed by atoms with Crippen molar-refractivity contribution in [2.75, 3.05) is 13.7 Å². The molecule has 2 nitrogen and oxygen atoms in total. The van der Waals surface area contributed by atoms with Crippen LogP contribution in [0.2, 0.25) is 0 Å². The third kappa shape index (κ3) is 2.12. The second-order valence-electron chi connectivity index (χ2n) is 4.38. The standard InChI is InChI=1S/C14H19NO/c1-11-6-7-14-13(9-11)12(10-15(14)2)5-4-8-16-3/h6-7,9-10H,4-5,8H2,1-3H3.